The van der Waals surface area contributed by atoms with Gasteiger partial charge in [0.2, 0.25) is 0 Å². The van der Waals surface area contributed by atoms with Crippen LogP contribution in [0.1, 0.15) is 26.7 Å². The fourth-order valence-electron chi connectivity index (χ4n) is 0.651. The number of sulfone groups is 1. The summed E-state index contributed by atoms with van der Waals surface area (Å²) in [5.41, 5.74) is 0. The van der Waals surface area contributed by atoms with Crippen LogP contribution in [0.2, 0.25) is 0 Å². The second-order valence-corrected chi connectivity index (χ2v) is 5.52. The molecule has 0 spiro atoms. The first kappa shape index (κ1) is 10.9. The Balaban J connectivity index is 3.75. The van der Waals surface area contributed by atoms with Gasteiger partial charge in [0.25, 0.3) is 0 Å². The molecule has 0 saturated heterocycles. The molecule has 4 heteroatoms. The van der Waals surface area contributed by atoms with E-state index in [4.69, 9.17) is 5.11 Å². The van der Waals surface area contributed by atoms with E-state index in [2.05, 4.69) is 0 Å². The van der Waals surface area contributed by atoms with Gasteiger partial charge in [-0.2, -0.15) is 0 Å². The first-order chi connectivity index (χ1) is 5.00. The lowest BCUT2D eigenvalue weighted by molar-refractivity contribution is 0.287. The number of rotatable bonds is 5. The van der Waals surface area contributed by atoms with E-state index in [0.717, 1.165) is 0 Å². The van der Waals surface area contributed by atoms with E-state index in [0.29, 0.717) is 12.8 Å². The molecule has 0 aliphatic carbocycles. The molecule has 0 aliphatic rings. The molecule has 0 aromatic heterocycles. The minimum atomic E-state index is -2.88. The third kappa shape index (κ3) is 4.37. The molecule has 1 N–H and O–H groups in total. The fraction of sp³-hybridized carbons (Fsp3) is 1.00. The quantitative estimate of drug-likeness (QED) is 0.630. The molecule has 0 radical (unpaired) electrons. The summed E-state index contributed by atoms with van der Waals surface area (Å²) in [5.74, 6) is 0.200. The maximum atomic E-state index is 11.1. The van der Waals surface area contributed by atoms with Crippen LogP contribution in [-0.4, -0.2) is 31.1 Å². The van der Waals surface area contributed by atoms with Crippen molar-refractivity contribution in [1.82, 2.24) is 0 Å². The van der Waals surface area contributed by atoms with Crippen LogP contribution in [0.4, 0.5) is 0 Å². The summed E-state index contributed by atoms with van der Waals surface area (Å²) in [6.07, 6.45) is 1.14. The van der Waals surface area contributed by atoms with Crippen LogP contribution in [0.5, 0.6) is 0 Å². The number of aliphatic hydroxyl groups excluding tert-OH is 1. The van der Waals surface area contributed by atoms with Crippen LogP contribution in [-0.2, 0) is 9.84 Å². The Kier molecular flexibility index (Phi) is 4.68. The van der Waals surface area contributed by atoms with Crippen molar-refractivity contribution in [2.45, 2.75) is 31.9 Å². The zero-order chi connectivity index (χ0) is 8.91. The van der Waals surface area contributed by atoms with Crippen LogP contribution in [0.25, 0.3) is 0 Å². The van der Waals surface area contributed by atoms with Crippen molar-refractivity contribution in [3.05, 3.63) is 0 Å². The SMILES string of the molecule is CC(C)S(=O)(=O)CCCCO. The summed E-state index contributed by atoms with van der Waals surface area (Å²) in [6.45, 7) is 3.43. The van der Waals surface area contributed by atoms with E-state index in [9.17, 15) is 8.42 Å². The number of unbranched alkanes of at least 4 members (excludes halogenated alkanes) is 1. The summed E-state index contributed by atoms with van der Waals surface area (Å²) in [5, 5.41) is 8.12. The topological polar surface area (TPSA) is 54.4 Å². The molecule has 68 valence electrons. The predicted molar refractivity (Wildman–Crippen MR) is 45.2 cm³/mol. The Morgan fingerprint density at radius 2 is 1.82 bits per heavy atom. The molecule has 3 nitrogen and oxygen atoms in total. The highest BCUT2D eigenvalue weighted by Gasteiger charge is 2.14. The molecule has 0 amide bonds. The average molecular weight is 180 g/mol. The standard InChI is InChI=1S/C7H16O3S/c1-7(2)11(9,10)6-4-3-5-8/h7-8H,3-6H2,1-2H3. The molecule has 0 saturated carbocycles. The second kappa shape index (κ2) is 4.72. The van der Waals surface area contributed by atoms with Gasteiger partial charge >= 0.3 is 0 Å². The van der Waals surface area contributed by atoms with Crippen molar-refractivity contribution in [2.75, 3.05) is 12.4 Å². The molecular weight excluding hydrogens is 164 g/mol. The van der Waals surface area contributed by atoms with Gasteiger partial charge in [-0.3, -0.25) is 0 Å². The van der Waals surface area contributed by atoms with Crippen LogP contribution < -0.4 is 0 Å². The van der Waals surface area contributed by atoms with E-state index in [1.165, 1.54) is 0 Å². The van der Waals surface area contributed by atoms with E-state index >= 15 is 0 Å². The van der Waals surface area contributed by atoms with Gasteiger partial charge in [-0.05, 0) is 26.7 Å². The zero-order valence-electron chi connectivity index (χ0n) is 7.08. The molecule has 0 aromatic rings. The highest BCUT2D eigenvalue weighted by molar-refractivity contribution is 7.91. The largest absolute Gasteiger partial charge is 0.396 e. The third-order valence-electron chi connectivity index (χ3n) is 1.56. The summed E-state index contributed by atoms with van der Waals surface area (Å²) in [4.78, 5) is 0. The van der Waals surface area contributed by atoms with E-state index < -0.39 is 9.84 Å². The molecule has 0 heterocycles. The van der Waals surface area contributed by atoms with Crippen molar-refractivity contribution >= 4 is 9.84 Å². The van der Waals surface area contributed by atoms with Gasteiger partial charge < -0.3 is 5.11 Å². The fourth-order valence-corrected chi connectivity index (χ4v) is 1.73. The minimum Gasteiger partial charge on any atom is -0.396 e. The molecule has 0 aliphatic heterocycles. The van der Waals surface area contributed by atoms with Gasteiger partial charge in [0.15, 0.2) is 9.84 Å². The van der Waals surface area contributed by atoms with Crippen molar-refractivity contribution < 1.29 is 13.5 Å². The summed E-state index contributed by atoms with van der Waals surface area (Å²) < 4.78 is 22.2. The molecule has 0 atom stereocenters. The van der Waals surface area contributed by atoms with Crippen molar-refractivity contribution in [3.63, 3.8) is 0 Å². The first-order valence-electron chi connectivity index (χ1n) is 3.83. The van der Waals surface area contributed by atoms with E-state index in [1.54, 1.807) is 13.8 Å². The molecule has 0 fully saturated rings. The predicted octanol–water partition coefficient (Wildman–Crippen LogP) is 0.582. The Labute approximate surface area is 68.3 Å². The molecule has 0 rings (SSSR count). The molecule has 0 unspecified atom stereocenters. The summed E-state index contributed by atoms with van der Waals surface area (Å²) in [7, 11) is -2.88. The Morgan fingerprint density at radius 1 is 1.27 bits per heavy atom. The molecule has 0 bridgehead atoms. The Hall–Kier alpha value is -0.0900. The number of hydrogen-bond acceptors (Lipinski definition) is 3. The van der Waals surface area contributed by atoms with Crippen LogP contribution in [0, 0.1) is 0 Å². The summed E-state index contributed by atoms with van der Waals surface area (Å²) >= 11 is 0. The lowest BCUT2D eigenvalue weighted by atomic mass is 10.4. The maximum absolute atomic E-state index is 11.1. The number of hydrogen-bond donors (Lipinski definition) is 1. The minimum absolute atomic E-state index is 0.0770. The van der Waals surface area contributed by atoms with Gasteiger partial charge in [0.05, 0.1) is 11.0 Å². The van der Waals surface area contributed by atoms with Gasteiger partial charge in [0.1, 0.15) is 0 Å². The van der Waals surface area contributed by atoms with Gasteiger partial charge in [-0.1, -0.05) is 0 Å². The summed E-state index contributed by atoms with van der Waals surface area (Å²) in [6, 6.07) is 0. The van der Waals surface area contributed by atoms with Crippen molar-refractivity contribution in [1.29, 1.82) is 0 Å². The van der Waals surface area contributed by atoms with E-state index in [-0.39, 0.29) is 17.6 Å². The highest BCUT2D eigenvalue weighted by atomic mass is 32.2. The van der Waals surface area contributed by atoms with Crippen LogP contribution in [0.15, 0.2) is 0 Å². The lowest BCUT2D eigenvalue weighted by Crippen LogP contribution is -2.17. The normalized spacial score (nSPS) is 12.4. The van der Waals surface area contributed by atoms with Crippen LogP contribution in [0.3, 0.4) is 0 Å². The molecular formula is C7H16O3S. The second-order valence-electron chi connectivity index (χ2n) is 2.85. The van der Waals surface area contributed by atoms with Gasteiger partial charge in [0, 0.05) is 6.61 Å². The van der Waals surface area contributed by atoms with Crippen LogP contribution >= 0.6 is 0 Å². The van der Waals surface area contributed by atoms with Crippen molar-refractivity contribution in [2.24, 2.45) is 0 Å². The smallest absolute Gasteiger partial charge is 0.152 e. The monoisotopic (exact) mass is 180 g/mol. The molecule has 0 aromatic carbocycles. The first-order valence-corrected chi connectivity index (χ1v) is 5.54. The average Bonchev–Trinajstić information content (AvgIpc) is 1.88. The maximum Gasteiger partial charge on any atom is 0.152 e. The highest BCUT2D eigenvalue weighted by Crippen LogP contribution is 2.03. The van der Waals surface area contributed by atoms with E-state index in [1.807, 2.05) is 0 Å². The zero-order valence-corrected chi connectivity index (χ0v) is 7.89. The van der Waals surface area contributed by atoms with Gasteiger partial charge in [-0.25, -0.2) is 8.42 Å². The number of aliphatic hydroxyl groups is 1. The Morgan fingerprint density at radius 3 is 2.18 bits per heavy atom. The third-order valence-corrected chi connectivity index (χ3v) is 3.85. The lowest BCUT2D eigenvalue weighted by Gasteiger charge is -2.05. The van der Waals surface area contributed by atoms with Gasteiger partial charge in [-0.15, -0.1) is 0 Å². The molecule has 11 heavy (non-hydrogen) atoms. The Bertz CT molecular complexity index is 182. The van der Waals surface area contributed by atoms with Crippen molar-refractivity contribution in [3.8, 4) is 0 Å².